The number of aryl methyl sites for hydroxylation is 1. The second-order valence-corrected chi connectivity index (χ2v) is 6.72. The minimum absolute atomic E-state index is 0.535. The smallest absolute Gasteiger partial charge is 0.178 e. The lowest BCUT2D eigenvalue weighted by Crippen LogP contribution is -2.00. The molecule has 1 N–H and O–H groups in total. The number of hydrogen-bond acceptors (Lipinski definition) is 2. The average molecular weight is 343 g/mol. The van der Waals surface area contributed by atoms with Gasteiger partial charge in [0.1, 0.15) is 0 Å². The van der Waals surface area contributed by atoms with E-state index in [9.17, 15) is 0 Å². The molecule has 0 aliphatic carbocycles. The molecule has 0 radical (unpaired) electrons. The van der Waals surface area contributed by atoms with Crippen LogP contribution in [0.2, 0.25) is 10.0 Å². The molecule has 0 aliphatic rings. The van der Waals surface area contributed by atoms with Crippen LogP contribution in [-0.4, -0.2) is 9.55 Å². The highest BCUT2D eigenvalue weighted by Crippen LogP contribution is 2.29. The van der Waals surface area contributed by atoms with Crippen LogP contribution in [0, 0.1) is 4.77 Å². The molecule has 2 heterocycles. The van der Waals surface area contributed by atoms with Crippen LogP contribution in [0.1, 0.15) is 17.4 Å². The molecule has 2 nitrogen and oxygen atoms in total. The van der Waals surface area contributed by atoms with Crippen LogP contribution < -0.4 is 0 Å². The molecule has 20 heavy (non-hydrogen) atoms. The van der Waals surface area contributed by atoms with Crippen molar-refractivity contribution in [3.63, 3.8) is 0 Å². The first-order valence-corrected chi connectivity index (χ1v) is 8.27. The Kier molecular flexibility index (Phi) is 3.91. The summed E-state index contributed by atoms with van der Waals surface area (Å²) >= 11 is 19.3. The minimum Gasteiger partial charge on any atom is -0.331 e. The molecular formula is C14H12Cl2N2S2. The Hall–Kier alpha value is -0.810. The molecule has 0 bridgehead atoms. The number of benzene rings is 1. The molecule has 2 aromatic heterocycles. The van der Waals surface area contributed by atoms with Crippen LogP contribution in [0.15, 0.2) is 23.6 Å². The summed E-state index contributed by atoms with van der Waals surface area (Å²) in [6, 6.07) is 5.85. The maximum atomic E-state index is 6.12. The molecule has 0 amide bonds. The SMILES string of the molecule is CCc1ccsc1Cn1c(=S)[nH]c2cc(Cl)c(Cl)cc21. The third kappa shape index (κ3) is 2.42. The number of imidazole rings is 1. The van der Waals surface area contributed by atoms with Crippen molar-refractivity contribution in [1.82, 2.24) is 9.55 Å². The summed E-state index contributed by atoms with van der Waals surface area (Å²) in [4.78, 5) is 4.51. The maximum absolute atomic E-state index is 6.12. The molecule has 3 rings (SSSR count). The van der Waals surface area contributed by atoms with Crippen molar-refractivity contribution in [2.75, 3.05) is 0 Å². The van der Waals surface area contributed by atoms with Gasteiger partial charge in [0, 0.05) is 4.88 Å². The van der Waals surface area contributed by atoms with Gasteiger partial charge in [-0.25, -0.2) is 0 Å². The second kappa shape index (κ2) is 5.53. The van der Waals surface area contributed by atoms with Crippen molar-refractivity contribution >= 4 is 57.8 Å². The summed E-state index contributed by atoms with van der Waals surface area (Å²) < 4.78 is 2.76. The van der Waals surface area contributed by atoms with Gasteiger partial charge in [-0.3, -0.25) is 0 Å². The summed E-state index contributed by atoms with van der Waals surface area (Å²) in [6.07, 6.45) is 1.03. The van der Waals surface area contributed by atoms with Gasteiger partial charge in [-0.1, -0.05) is 30.1 Å². The van der Waals surface area contributed by atoms with E-state index < -0.39 is 0 Å². The Morgan fingerprint density at radius 3 is 2.80 bits per heavy atom. The van der Waals surface area contributed by atoms with Crippen molar-refractivity contribution in [3.05, 3.63) is 48.8 Å². The molecule has 0 spiro atoms. The highest BCUT2D eigenvalue weighted by Gasteiger charge is 2.10. The van der Waals surface area contributed by atoms with Gasteiger partial charge < -0.3 is 9.55 Å². The highest BCUT2D eigenvalue weighted by molar-refractivity contribution is 7.71. The molecule has 104 valence electrons. The van der Waals surface area contributed by atoms with Gasteiger partial charge in [0.25, 0.3) is 0 Å². The Bertz CT molecular complexity index is 829. The Morgan fingerprint density at radius 1 is 1.30 bits per heavy atom. The first kappa shape index (κ1) is 14.1. The van der Waals surface area contributed by atoms with Crippen molar-refractivity contribution in [2.45, 2.75) is 19.9 Å². The van der Waals surface area contributed by atoms with E-state index in [4.69, 9.17) is 35.4 Å². The van der Waals surface area contributed by atoms with E-state index >= 15 is 0 Å². The topological polar surface area (TPSA) is 20.7 Å². The fourth-order valence-corrected chi connectivity index (χ4v) is 3.83. The van der Waals surface area contributed by atoms with Gasteiger partial charge in [0.15, 0.2) is 4.77 Å². The third-order valence-electron chi connectivity index (χ3n) is 3.34. The Balaban J connectivity index is 2.14. The number of aromatic nitrogens is 2. The van der Waals surface area contributed by atoms with E-state index in [2.05, 4.69) is 27.9 Å². The quantitative estimate of drug-likeness (QED) is 0.607. The number of halogens is 2. The third-order valence-corrected chi connectivity index (χ3v) is 5.33. The van der Waals surface area contributed by atoms with Crippen LogP contribution in [0.4, 0.5) is 0 Å². The van der Waals surface area contributed by atoms with Crippen LogP contribution in [-0.2, 0) is 13.0 Å². The van der Waals surface area contributed by atoms with E-state index in [0.717, 1.165) is 24.0 Å². The zero-order chi connectivity index (χ0) is 14.3. The molecule has 3 aromatic rings. The monoisotopic (exact) mass is 342 g/mol. The van der Waals surface area contributed by atoms with Gasteiger partial charge in [-0.2, -0.15) is 0 Å². The van der Waals surface area contributed by atoms with E-state index in [0.29, 0.717) is 14.8 Å². The molecule has 0 fully saturated rings. The van der Waals surface area contributed by atoms with E-state index in [-0.39, 0.29) is 0 Å². The first-order valence-electron chi connectivity index (χ1n) is 6.23. The number of aromatic amines is 1. The average Bonchev–Trinajstić information content (AvgIpc) is 2.97. The largest absolute Gasteiger partial charge is 0.331 e. The number of hydrogen-bond donors (Lipinski definition) is 1. The van der Waals surface area contributed by atoms with Gasteiger partial charge in [0.2, 0.25) is 0 Å². The zero-order valence-corrected chi connectivity index (χ0v) is 13.9. The lowest BCUT2D eigenvalue weighted by atomic mass is 10.2. The Labute approximate surface area is 136 Å². The number of fused-ring (bicyclic) bond motifs is 1. The molecule has 0 aliphatic heterocycles. The molecule has 0 atom stereocenters. The lowest BCUT2D eigenvalue weighted by Gasteiger charge is -2.06. The summed E-state index contributed by atoms with van der Waals surface area (Å²) in [7, 11) is 0. The van der Waals surface area contributed by atoms with E-state index in [1.54, 1.807) is 11.3 Å². The minimum atomic E-state index is 0.535. The molecule has 0 saturated heterocycles. The lowest BCUT2D eigenvalue weighted by molar-refractivity contribution is 0.814. The van der Waals surface area contributed by atoms with Crippen molar-refractivity contribution in [1.29, 1.82) is 0 Å². The number of H-pyrrole nitrogens is 1. The van der Waals surface area contributed by atoms with E-state index in [1.807, 2.05) is 12.1 Å². The van der Waals surface area contributed by atoms with Crippen molar-refractivity contribution in [3.8, 4) is 0 Å². The highest BCUT2D eigenvalue weighted by atomic mass is 35.5. The molecule has 0 unspecified atom stereocenters. The summed E-state index contributed by atoms with van der Waals surface area (Å²) in [5, 5.41) is 3.20. The summed E-state index contributed by atoms with van der Waals surface area (Å²) in [5.41, 5.74) is 3.27. The summed E-state index contributed by atoms with van der Waals surface area (Å²) in [6.45, 7) is 2.92. The van der Waals surface area contributed by atoms with Gasteiger partial charge in [-0.05, 0) is 47.8 Å². The maximum Gasteiger partial charge on any atom is 0.178 e. The van der Waals surface area contributed by atoms with Crippen molar-refractivity contribution < 1.29 is 0 Å². The van der Waals surface area contributed by atoms with E-state index in [1.165, 1.54) is 10.4 Å². The number of rotatable bonds is 3. The fourth-order valence-electron chi connectivity index (χ4n) is 2.27. The fraction of sp³-hybridized carbons (Fsp3) is 0.214. The van der Waals surface area contributed by atoms with Crippen molar-refractivity contribution in [2.24, 2.45) is 0 Å². The molecule has 6 heteroatoms. The molecule has 1 aromatic carbocycles. The number of nitrogens with zero attached hydrogens (tertiary/aromatic N) is 1. The van der Waals surface area contributed by atoms with Gasteiger partial charge >= 0.3 is 0 Å². The predicted octanol–water partition coefficient (Wildman–Crippen LogP) is 5.68. The molecule has 0 saturated carbocycles. The second-order valence-electron chi connectivity index (χ2n) is 4.52. The number of thiophene rings is 1. The first-order chi connectivity index (χ1) is 9.60. The molecular weight excluding hydrogens is 331 g/mol. The standard InChI is InChI=1S/C14H12Cl2N2S2/c1-2-8-3-4-20-13(8)7-18-12-6-10(16)9(15)5-11(12)17-14(18)19/h3-6H,2,7H2,1H3,(H,17,19). The Morgan fingerprint density at radius 2 is 2.05 bits per heavy atom. The summed E-state index contributed by atoms with van der Waals surface area (Å²) in [5.74, 6) is 0. The van der Waals surface area contributed by atoms with Gasteiger partial charge in [0.05, 0.1) is 27.6 Å². The number of nitrogens with one attached hydrogen (secondary N) is 1. The zero-order valence-electron chi connectivity index (χ0n) is 10.7. The normalized spacial score (nSPS) is 11.3. The van der Waals surface area contributed by atoms with Crippen LogP contribution >= 0.6 is 46.8 Å². The van der Waals surface area contributed by atoms with Crippen LogP contribution in [0.25, 0.3) is 11.0 Å². The van der Waals surface area contributed by atoms with Gasteiger partial charge in [-0.15, -0.1) is 11.3 Å². The van der Waals surface area contributed by atoms with Crippen LogP contribution in [0.5, 0.6) is 0 Å². The predicted molar refractivity (Wildman–Crippen MR) is 89.9 cm³/mol. The van der Waals surface area contributed by atoms with Crippen LogP contribution in [0.3, 0.4) is 0 Å².